The van der Waals surface area contributed by atoms with Crippen molar-refractivity contribution in [1.29, 1.82) is 0 Å². The van der Waals surface area contributed by atoms with Gasteiger partial charge in [-0.2, -0.15) is 90.0 Å². The number of allylic oxidation sites excluding steroid dienone is 4. The molecular formula is C25H35ClSi2Zr. The molecule has 1 aliphatic rings. The second-order valence-electron chi connectivity index (χ2n) is 7.06. The van der Waals surface area contributed by atoms with Crippen LogP contribution in [0.3, 0.4) is 0 Å². The molecule has 0 fully saturated rings. The second-order valence-corrected chi connectivity index (χ2v) is 14.0. The van der Waals surface area contributed by atoms with E-state index in [1.807, 2.05) is 72.8 Å². The number of benzene rings is 2. The van der Waals surface area contributed by atoms with E-state index in [0.29, 0.717) is 4.66 Å². The molecule has 0 spiro atoms. The zero-order chi connectivity index (χ0) is 20.9. The Balaban J connectivity index is 0. The molecule has 0 saturated carbocycles. The van der Waals surface area contributed by atoms with Crippen LogP contribution in [-0.2, 0) is 26.2 Å². The van der Waals surface area contributed by atoms with Gasteiger partial charge < -0.3 is 0 Å². The van der Waals surface area contributed by atoms with Crippen LogP contribution in [0.2, 0.25) is 17.3 Å². The molecule has 2 radical (unpaired) electrons. The van der Waals surface area contributed by atoms with E-state index in [4.69, 9.17) is 11.1 Å². The van der Waals surface area contributed by atoms with Gasteiger partial charge in [-0.25, -0.2) is 12.2 Å². The van der Waals surface area contributed by atoms with E-state index < -0.39 is 0 Å². The van der Waals surface area contributed by atoms with Gasteiger partial charge in [-0.15, -0.1) is 6.42 Å². The number of hydrogen-bond donors (Lipinski definition) is 0. The zero-order valence-corrected chi connectivity index (χ0v) is 24.0. The molecule has 0 bridgehead atoms. The van der Waals surface area contributed by atoms with Gasteiger partial charge >= 0.3 is 26.2 Å². The molecule has 0 amide bonds. The molecule has 29 heavy (non-hydrogen) atoms. The van der Waals surface area contributed by atoms with Crippen molar-refractivity contribution in [2.75, 3.05) is 0 Å². The summed E-state index contributed by atoms with van der Waals surface area (Å²) in [7, 11) is -0.466. The van der Waals surface area contributed by atoms with Gasteiger partial charge in [0, 0.05) is 8.80 Å². The molecule has 0 atom stereocenters. The minimum Gasteiger partial charge on any atom is -0.273 e. The fraction of sp³-hybridized carbons (Fsp3) is 0.360. The molecule has 1 aliphatic carbocycles. The van der Waals surface area contributed by atoms with Gasteiger partial charge in [0.15, 0.2) is 0 Å². The Morgan fingerprint density at radius 2 is 1.48 bits per heavy atom. The first-order chi connectivity index (χ1) is 13.5. The van der Waals surface area contributed by atoms with Gasteiger partial charge in [-0.05, 0) is 4.66 Å². The molecule has 2 aromatic carbocycles. The Morgan fingerprint density at radius 3 is 1.69 bits per heavy atom. The molecule has 3 rings (SSSR count). The van der Waals surface area contributed by atoms with Crippen molar-refractivity contribution in [2.24, 2.45) is 0 Å². The fourth-order valence-electron chi connectivity index (χ4n) is 1.92. The van der Waals surface area contributed by atoms with E-state index in [1.54, 1.807) is 0 Å². The summed E-state index contributed by atoms with van der Waals surface area (Å²) in [6.45, 7) is 9.42. The second kappa shape index (κ2) is 22.2. The van der Waals surface area contributed by atoms with Crippen LogP contribution in [0.25, 0.3) is 0 Å². The Bertz CT molecular complexity index is 506. The summed E-state index contributed by atoms with van der Waals surface area (Å²) in [6, 6.07) is 26.5. The minimum atomic E-state index is -0.316. The summed E-state index contributed by atoms with van der Waals surface area (Å²) in [5.74, 6) is 0. The Labute approximate surface area is 208 Å². The maximum absolute atomic E-state index is 6.03. The van der Waals surface area contributed by atoms with Crippen molar-refractivity contribution in [3.63, 3.8) is 0 Å². The van der Waals surface area contributed by atoms with Crippen LogP contribution in [0.15, 0.2) is 78.9 Å². The number of halogens is 1. The third-order valence-electron chi connectivity index (χ3n) is 4.19. The first-order valence-corrected chi connectivity index (χ1v) is 15.0. The van der Waals surface area contributed by atoms with E-state index in [2.05, 4.69) is 51.6 Å². The molecule has 4 heteroatoms. The van der Waals surface area contributed by atoms with Crippen molar-refractivity contribution in [1.82, 2.24) is 0 Å². The van der Waals surface area contributed by atoms with Crippen molar-refractivity contribution in [3.8, 4) is 0 Å². The first kappa shape index (κ1) is 30.7. The van der Waals surface area contributed by atoms with Gasteiger partial charge in [-0.3, -0.25) is 6.08 Å². The summed E-state index contributed by atoms with van der Waals surface area (Å²) in [5.41, 5.74) is 0. The number of rotatable bonds is 5. The molecule has 0 unspecified atom stereocenters. The van der Waals surface area contributed by atoms with E-state index >= 15 is 0 Å². The van der Waals surface area contributed by atoms with Crippen molar-refractivity contribution >= 4 is 28.7 Å². The average molecular weight is 518 g/mol. The van der Waals surface area contributed by atoms with Gasteiger partial charge in [0.25, 0.3) is 0 Å². The summed E-state index contributed by atoms with van der Waals surface area (Å²) in [6.07, 6.45) is 12.7. The summed E-state index contributed by atoms with van der Waals surface area (Å²) < 4.78 is 0.557. The van der Waals surface area contributed by atoms with Crippen LogP contribution in [0.5, 0.6) is 0 Å². The fourth-order valence-corrected chi connectivity index (χ4v) is 6.98. The van der Waals surface area contributed by atoms with Crippen LogP contribution in [0.1, 0.15) is 40.0 Å². The normalized spacial score (nSPS) is 11.5. The predicted molar refractivity (Wildman–Crippen MR) is 132 cm³/mol. The number of unbranched alkanes of at least 4 members (excludes halogenated alkanes) is 1. The number of hydrogen-bond acceptors (Lipinski definition) is 0. The Kier molecular flexibility index (Phi) is 23.5. The first-order valence-electron chi connectivity index (χ1n) is 9.97. The molecule has 0 aromatic heterocycles. The van der Waals surface area contributed by atoms with E-state index in [1.165, 1.54) is 18.9 Å². The van der Waals surface area contributed by atoms with Crippen molar-refractivity contribution in [2.45, 2.75) is 57.3 Å². The van der Waals surface area contributed by atoms with Gasteiger partial charge in [0.05, 0.1) is 0 Å². The predicted octanol–water partition coefficient (Wildman–Crippen LogP) is 7.25. The van der Waals surface area contributed by atoms with Gasteiger partial charge in [-0.1, -0.05) is 46.2 Å². The van der Waals surface area contributed by atoms with E-state index in [-0.39, 0.29) is 43.8 Å². The molecule has 0 aliphatic heterocycles. The van der Waals surface area contributed by atoms with Crippen LogP contribution in [-0.4, -0.2) is 17.6 Å². The summed E-state index contributed by atoms with van der Waals surface area (Å²) in [5, 5.41) is 0. The minimum absolute atomic E-state index is 0. The zero-order valence-electron chi connectivity index (χ0n) is 18.4. The van der Waals surface area contributed by atoms with Crippen molar-refractivity contribution < 1.29 is 26.2 Å². The molecular weight excluding hydrogens is 483 g/mol. The van der Waals surface area contributed by atoms with Crippen molar-refractivity contribution in [3.05, 3.63) is 97.1 Å². The molecule has 0 N–H and O–H groups in total. The van der Waals surface area contributed by atoms with Gasteiger partial charge in [0.1, 0.15) is 8.83 Å². The maximum atomic E-state index is 6.03. The van der Waals surface area contributed by atoms with Crippen LogP contribution >= 0.6 is 11.1 Å². The molecule has 0 saturated heterocycles. The molecule has 0 heterocycles. The third-order valence-corrected chi connectivity index (χ3v) is 13.3. The standard InChI is InChI=1S/C8H20ClSi2.2C6H5.C5H5.Zr/c1-5-6-7-11(4)8(2,3)10-9;2*1-2-4-6-5-3-1;1-2-4-5-3-1;/h5-7,10H2,1-4H3;2*1-5H;1-3H,4H2;/q;3*-1;+3. The Morgan fingerprint density at radius 1 is 0.966 bits per heavy atom. The van der Waals surface area contributed by atoms with Gasteiger partial charge in [0.2, 0.25) is 0 Å². The monoisotopic (exact) mass is 516 g/mol. The SMILES string of the molecule is CCCC[Si](C)C(C)(C)[SiH2]Cl.[C-]1=CC=CC1.[Zr+3].[c-]1ccccc1.[c-]1ccccc1. The quantitative estimate of drug-likeness (QED) is 0.222. The molecule has 2 aromatic rings. The molecule has 154 valence electrons. The van der Waals surface area contributed by atoms with Crippen LogP contribution in [0.4, 0.5) is 0 Å². The maximum Gasteiger partial charge on any atom is 3.00 e. The van der Waals surface area contributed by atoms with E-state index in [9.17, 15) is 0 Å². The largest absolute Gasteiger partial charge is 3.00 e. The Hall–Kier alpha value is -0.473. The van der Waals surface area contributed by atoms with Crippen LogP contribution < -0.4 is 0 Å². The smallest absolute Gasteiger partial charge is 0.273 e. The molecule has 0 nitrogen and oxygen atoms in total. The summed E-state index contributed by atoms with van der Waals surface area (Å²) >= 11 is 6.03. The third kappa shape index (κ3) is 20.6. The van der Waals surface area contributed by atoms with Crippen LogP contribution in [0, 0.1) is 18.2 Å². The van der Waals surface area contributed by atoms with E-state index in [0.717, 1.165) is 6.42 Å². The topological polar surface area (TPSA) is 0 Å². The summed E-state index contributed by atoms with van der Waals surface area (Å²) in [4.78, 5) is 0. The average Bonchev–Trinajstić information content (AvgIpc) is 3.35.